The fourth-order valence-electron chi connectivity index (χ4n) is 4.22. The quantitative estimate of drug-likeness (QED) is 0.585. The summed E-state index contributed by atoms with van der Waals surface area (Å²) in [4.78, 5) is 26.2. The highest BCUT2D eigenvalue weighted by molar-refractivity contribution is 6.22. The maximum atomic E-state index is 13.5. The highest BCUT2D eigenvalue weighted by Gasteiger charge is 2.42. The Morgan fingerprint density at radius 2 is 1.73 bits per heavy atom. The number of Topliss-reactive ketones (excluding diaryl/α,β-unsaturated/α-hetero) is 1. The Morgan fingerprint density at radius 3 is 2.48 bits per heavy atom. The third-order valence-corrected chi connectivity index (χ3v) is 5.80. The summed E-state index contributed by atoms with van der Waals surface area (Å²) in [6.45, 7) is 0. The summed E-state index contributed by atoms with van der Waals surface area (Å²) in [6, 6.07) is 19.7. The minimum atomic E-state index is -0.458. The van der Waals surface area contributed by atoms with E-state index in [1.807, 2.05) is 60.7 Å². The third-order valence-electron chi connectivity index (χ3n) is 5.80. The Morgan fingerprint density at radius 1 is 0.970 bits per heavy atom. The standard InChI is InChI=1S/C26H21N3O4/c1-32-17-11-9-16(10-12-17)24-23-25(29-28-24)19-7-4-8-20(22(19)26(23)31)27-21(30)14-15-5-3-6-18(13-15)33-2/h3-13,25H,14H2,1-2H3,(H,27,30). The van der Waals surface area contributed by atoms with Gasteiger partial charge in [-0.05, 0) is 53.6 Å². The van der Waals surface area contributed by atoms with Gasteiger partial charge in [0, 0.05) is 5.56 Å². The molecule has 1 aliphatic carbocycles. The lowest BCUT2D eigenvalue weighted by Crippen LogP contribution is -2.16. The van der Waals surface area contributed by atoms with Crippen molar-refractivity contribution in [3.05, 3.63) is 94.6 Å². The van der Waals surface area contributed by atoms with Crippen LogP contribution in [-0.2, 0) is 11.2 Å². The SMILES string of the molecule is COc1ccc(C2=C3C(=O)c4c(NC(=O)Cc5cccc(OC)c5)cccc4C3N=N2)cc1. The van der Waals surface area contributed by atoms with E-state index in [1.165, 1.54) is 0 Å². The van der Waals surface area contributed by atoms with E-state index in [2.05, 4.69) is 15.5 Å². The van der Waals surface area contributed by atoms with Gasteiger partial charge in [0.25, 0.3) is 0 Å². The van der Waals surface area contributed by atoms with Gasteiger partial charge in [0.2, 0.25) is 5.91 Å². The first-order chi connectivity index (χ1) is 16.1. The molecule has 0 aromatic heterocycles. The van der Waals surface area contributed by atoms with Crippen LogP contribution in [0, 0.1) is 0 Å². The number of rotatable bonds is 6. The van der Waals surface area contributed by atoms with Crippen molar-refractivity contribution in [1.82, 2.24) is 0 Å². The number of ether oxygens (including phenoxy) is 2. The molecular weight excluding hydrogens is 418 g/mol. The topological polar surface area (TPSA) is 89.3 Å². The zero-order chi connectivity index (χ0) is 22.9. The van der Waals surface area contributed by atoms with Gasteiger partial charge in [-0.1, -0.05) is 24.3 Å². The van der Waals surface area contributed by atoms with Crippen LogP contribution >= 0.6 is 0 Å². The number of methoxy groups -OCH3 is 2. The minimum Gasteiger partial charge on any atom is -0.497 e. The van der Waals surface area contributed by atoms with Gasteiger partial charge < -0.3 is 14.8 Å². The molecule has 1 aliphatic heterocycles. The van der Waals surface area contributed by atoms with Crippen LogP contribution in [0.1, 0.15) is 33.1 Å². The van der Waals surface area contributed by atoms with Crippen molar-refractivity contribution in [2.45, 2.75) is 12.5 Å². The molecular formula is C26H21N3O4. The first kappa shape index (κ1) is 20.6. The second kappa shape index (κ2) is 8.35. The summed E-state index contributed by atoms with van der Waals surface area (Å²) < 4.78 is 10.4. The van der Waals surface area contributed by atoms with Crippen molar-refractivity contribution >= 4 is 23.1 Å². The van der Waals surface area contributed by atoms with Crippen LogP contribution < -0.4 is 14.8 Å². The van der Waals surface area contributed by atoms with Crippen molar-refractivity contribution < 1.29 is 19.1 Å². The first-order valence-electron chi connectivity index (χ1n) is 10.5. The molecule has 3 aromatic rings. The molecule has 7 heteroatoms. The first-order valence-corrected chi connectivity index (χ1v) is 10.5. The summed E-state index contributed by atoms with van der Waals surface area (Å²) in [5, 5.41) is 11.6. The number of nitrogens with one attached hydrogen (secondary N) is 1. The number of benzene rings is 3. The van der Waals surface area contributed by atoms with E-state index < -0.39 is 6.04 Å². The van der Waals surface area contributed by atoms with E-state index in [-0.39, 0.29) is 18.1 Å². The lowest BCUT2D eigenvalue weighted by atomic mass is 10.0. The number of ketones is 1. The minimum absolute atomic E-state index is 0.164. The number of fused-ring (bicyclic) bond motifs is 3. The second-order valence-corrected chi connectivity index (χ2v) is 7.78. The molecule has 7 nitrogen and oxygen atoms in total. The van der Waals surface area contributed by atoms with Crippen LogP contribution in [0.3, 0.4) is 0 Å². The van der Waals surface area contributed by atoms with E-state index in [1.54, 1.807) is 20.3 Å². The van der Waals surface area contributed by atoms with Gasteiger partial charge >= 0.3 is 0 Å². The molecule has 0 spiro atoms. The highest BCUT2D eigenvalue weighted by atomic mass is 16.5. The van der Waals surface area contributed by atoms with E-state index >= 15 is 0 Å². The Kier molecular flexibility index (Phi) is 5.22. The zero-order valence-corrected chi connectivity index (χ0v) is 18.2. The number of carbonyl (C=O) groups excluding carboxylic acids is 2. The fraction of sp³-hybridized carbons (Fsp3) is 0.154. The van der Waals surface area contributed by atoms with Crippen LogP contribution in [0.4, 0.5) is 5.69 Å². The van der Waals surface area contributed by atoms with Crippen LogP contribution in [-0.4, -0.2) is 25.9 Å². The van der Waals surface area contributed by atoms with Gasteiger partial charge in [0.1, 0.15) is 23.2 Å². The van der Waals surface area contributed by atoms with Crippen LogP contribution in [0.5, 0.6) is 11.5 Å². The molecule has 0 fully saturated rings. The predicted molar refractivity (Wildman–Crippen MR) is 124 cm³/mol. The molecule has 33 heavy (non-hydrogen) atoms. The van der Waals surface area contributed by atoms with Crippen molar-refractivity contribution in [2.24, 2.45) is 10.2 Å². The smallest absolute Gasteiger partial charge is 0.228 e. The van der Waals surface area contributed by atoms with Gasteiger partial charge in [0.05, 0.1) is 37.5 Å². The van der Waals surface area contributed by atoms with Crippen LogP contribution in [0.25, 0.3) is 5.70 Å². The maximum Gasteiger partial charge on any atom is 0.228 e. The number of carbonyl (C=O) groups is 2. The van der Waals surface area contributed by atoms with Gasteiger partial charge in [-0.2, -0.15) is 10.2 Å². The average Bonchev–Trinajstić information content (AvgIpc) is 3.39. The summed E-state index contributed by atoms with van der Waals surface area (Å²) in [5.41, 5.74) is 4.41. The van der Waals surface area contributed by atoms with Crippen LogP contribution in [0.2, 0.25) is 0 Å². The van der Waals surface area contributed by atoms with Gasteiger partial charge in [-0.15, -0.1) is 0 Å². The van der Waals surface area contributed by atoms with Gasteiger partial charge in [-0.25, -0.2) is 0 Å². The molecule has 0 radical (unpaired) electrons. The van der Waals surface area contributed by atoms with Crippen molar-refractivity contribution in [3.63, 3.8) is 0 Å². The molecule has 0 saturated heterocycles. The molecule has 1 amide bonds. The molecule has 1 N–H and O–H groups in total. The summed E-state index contributed by atoms with van der Waals surface area (Å²) >= 11 is 0. The Labute approximate surface area is 190 Å². The van der Waals surface area contributed by atoms with E-state index in [0.29, 0.717) is 28.3 Å². The molecule has 1 atom stereocenters. The molecule has 0 bridgehead atoms. The maximum absolute atomic E-state index is 13.5. The van der Waals surface area contributed by atoms with Crippen molar-refractivity contribution in [3.8, 4) is 11.5 Å². The molecule has 3 aromatic carbocycles. The number of hydrogen-bond donors (Lipinski definition) is 1. The van der Waals surface area contributed by atoms with E-state index in [0.717, 1.165) is 22.4 Å². The molecule has 1 heterocycles. The third kappa shape index (κ3) is 3.67. The second-order valence-electron chi connectivity index (χ2n) is 7.78. The van der Waals surface area contributed by atoms with E-state index in [4.69, 9.17) is 9.47 Å². The summed E-state index contributed by atoms with van der Waals surface area (Å²) in [6.07, 6.45) is 0.165. The number of hydrogen-bond acceptors (Lipinski definition) is 6. The molecule has 1 unspecified atom stereocenters. The molecule has 0 saturated carbocycles. The fourth-order valence-corrected chi connectivity index (χ4v) is 4.22. The number of nitrogens with zero attached hydrogens (tertiary/aromatic N) is 2. The Balaban J connectivity index is 1.43. The normalized spacial score (nSPS) is 15.9. The monoisotopic (exact) mass is 439 g/mol. The lowest BCUT2D eigenvalue weighted by Gasteiger charge is -2.10. The number of azo groups is 1. The van der Waals surface area contributed by atoms with Crippen molar-refractivity contribution in [2.75, 3.05) is 19.5 Å². The summed E-state index contributed by atoms with van der Waals surface area (Å²) in [5.74, 6) is 1.03. The highest BCUT2D eigenvalue weighted by Crippen LogP contribution is 2.49. The molecule has 164 valence electrons. The lowest BCUT2D eigenvalue weighted by molar-refractivity contribution is -0.115. The Bertz CT molecular complexity index is 1330. The largest absolute Gasteiger partial charge is 0.497 e. The van der Waals surface area contributed by atoms with Gasteiger partial charge in [-0.3, -0.25) is 9.59 Å². The molecule has 2 aliphatic rings. The molecule has 5 rings (SSSR count). The summed E-state index contributed by atoms with van der Waals surface area (Å²) in [7, 11) is 3.19. The predicted octanol–water partition coefficient (Wildman–Crippen LogP) is 5.00. The average molecular weight is 439 g/mol. The Hall–Kier alpha value is -4.26. The van der Waals surface area contributed by atoms with Gasteiger partial charge in [0.15, 0.2) is 5.78 Å². The van der Waals surface area contributed by atoms with Crippen LogP contribution in [0.15, 0.2) is 82.5 Å². The number of amides is 1. The zero-order valence-electron chi connectivity index (χ0n) is 18.2. The van der Waals surface area contributed by atoms with Crippen molar-refractivity contribution in [1.29, 1.82) is 0 Å². The van der Waals surface area contributed by atoms with E-state index in [9.17, 15) is 9.59 Å². The number of anilines is 1.